The molecule has 0 aliphatic rings. The maximum atomic E-state index is 13.1. The smallest absolute Gasteiger partial charge is 0.419 e. The number of hydrogen-bond donors (Lipinski definition) is 0. The first-order valence-corrected chi connectivity index (χ1v) is 8.74. The SMILES string of the molecule is CSOC(C)c1cn(C(=O)OC(C)(C)C)c2cc(C(F)(F)F)ccc12. The molecule has 25 heavy (non-hydrogen) atoms. The predicted molar refractivity (Wildman–Crippen MR) is 91.6 cm³/mol. The average molecular weight is 375 g/mol. The summed E-state index contributed by atoms with van der Waals surface area (Å²) in [6.45, 7) is 6.84. The normalized spacial score (nSPS) is 13.9. The largest absolute Gasteiger partial charge is 0.443 e. The standard InChI is InChI=1S/C17H20F3NO3S/c1-10(24-25-5)13-9-21(15(22)23-16(2,3)4)14-8-11(17(18,19)20)6-7-12(13)14/h6-10H,1-5H3. The molecular formula is C17H20F3NO3S. The van der Waals surface area contributed by atoms with E-state index in [9.17, 15) is 18.0 Å². The summed E-state index contributed by atoms with van der Waals surface area (Å²) in [6, 6.07) is 3.31. The third-order valence-corrected chi connectivity index (χ3v) is 3.91. The molecule has 0 amide bonds. The van der Waals surface area contributed by atoms with Gasteiger partial charge in [0.15, 0.2) is 0 Å². The Morgan fingerprint density at radius 2 is 1.88 bits per heavy atom. The van der Waals surface area contributed by atoms with Crippen molar-refractivity contribution in [2.45, 2.75) is 45.6 Å². The lowest BCUT2D eigenvalue weighted by molar-refractivity contribution is -0.137. The molecule has 1 aromatic heterocycles. The second kappa shape index (κ2) is 6.92. The predicted octanol–water partition coefficient (Wildman–Crippen LogP) is 5.80. The molecular weight excluding hydrogens is 355 g/mol. The highest BCUT2D eigenvalue weighted by Gasteiger charge is 2.32. The summed E-state index contributed by atoms with van der Waals surface area (Å²) in [5.41, 5.74) is -0.843. The van der Waals surface area contributed by atoms with Crippen LogP contribution in [-0.2, 0) is 15.1 Å². The highest BCUT2D eigenvalue weighted by molar-refractivity contribution is 7.93. The van der Waals surface area contributed by atoms with Crippen LogP contribution >= 0.6 is 12.0 Å². The van der Waals surface area contributed by atoms with Gasteiger partial charge in [0.1, 0.15) is 5.60 Å². The Labute approximate surface area is 148 Å². The van der Waals surface area contributed by atoms with Crippen molar-refractivity contribution in [2.24, 2.45) is 0 Å². The van der Waals surface area contributed by atoms with Gasteiger partial charge < -0.3 is 8.92 Å². The van der Waals surface area contributed by atoms with Crippen LogP contribution in [0.3, 0.4) is 0 Å². The Morgan fingerprint density at radius 3 is 2.40 bits per heavy atom. The summed E-state index contributed by atoms with van der Waals surface area (Å²) in [5, 5.41) is 0.514. The zero-order chi connectivity index (χ0) is 19.0. The molecule has 8 heteroatoms. The summed E-state index contributed by atoms with van der Waals surface area (Å²) in [4.78, 5) is 12.4. The van der Waals surface area contributed by atoms with Crippen molar-refractivity contribution in [2.75, 3.05) is 6.26 Å². The van der Waals surface area contributed by atoms with Crippen molar-refractivity contribution in [1.29, 1.82) is 0 Å². The maximum absolute atomic E-state index is 13.1. The molecule has 0 saturated carbocycles. The van der Waals surface area contributed by atoms with Gasteiger partial charge in [-0.1, -0.05) is 6.07 Å². The van der Waals surface area contributed by atoms with Crippen LogP contribution in [0.5, 0.6) is 0 Å². The lowest BCUT2D eigenvalue weighted by atomic mass is 10.1. The monoisotopic (exact) mass is 375 g/mol. The van der Waals surface area contributed by atoms with E-state index in [-0.39, 0.29) is 5.52 Å². The number of halogens is 3. The molecule has 0 saturated heterocycles. The molecule has 0 radical (unpaired) electrons. The first kappa shape index (κ1) is 19.7. The molecule has 0 bridgehead atoms. The molecule has 1 unspecified atom stereocenters. The molecule has 1 aromatic carbocycles. The van der Waals surface area contributed by atoms with E-state index >= 15 is 0 Å². The average Bonchev–Trinajstić information content (AvgIpc) is 2.83. The number of hydrogen-bond acceptors (Lipinski definition) is 4. The van der Waals surface area contributed by atoms with Crippen molar-refractivity contribution in [3.8, 4) is 0 Å². The molecule has 2 aromatic rings. The number of rotatable bonds is 3. The van der Waals surface area contributed by atoms with Crippen LogP contribution in [0.4, 0.5) is 18.0 Å². The topological polar surface area (TPSA) is 40.5 Å². The fourth-order valence-corrected chi connectivity index (χ4v) is 2.80. The van der Waals surface area contributed by atoms with Gasteiger partial charge in [-0.3, -0.25) is 4.57 Å². The molecule has 2 rings (SSSR count). The zero-order valence-electron chi connectivity index (χ0n) is 14.6. The Kier molecular flexibility index (Phi) is 5.44. The molecule has 0 spiro atoms. The molecule has 0 aliphatic heterocycles. The lowest BCUT2D eigenvalue weighted by Gasteiger charge is -2.20. The van der Waals surface area contributed by atoms with E-state index in [1.165, 1.54) is 12.3 Å². The number of alkyl halides is 3. The first-order chi connectivity index (χ1) is 11.4. The van der Waals surface area contributed by atoms with Crippen molar-refractivity contribution in [3.05, 3.63) is 35.5 Å². The van der Waals surface area contributed by atoms with Gasteiger partial charge in [-0.2, -0.15) is 13.2 Å². The quantitative estimate of drug-likeness (QED) is 0.636. The van der Waals surface area contributed by atoms with Gasteiger partial charge in [-0.05, 0) is 51.9 Å². The van der Waals surface area contributed by atoms with Crippen LogP contribution in [0.15, 0.2) is 24.4 Å². The number of fused-ring (bicyclic) bond motifs is 1. The number of benzene rings is 1. The maximum Gasteiger partial charge on any atom is 0.419 e. The van der Waals surface area contributed by atoms with E-state index < -0.39 is 29.5 Å². The van der Waals surface area contributed by atoms with Crippen molar-refractivity contribution in [3.63, 3.8) is 0 Å². The Hall–Kier alpha value is -1.67. The second-order valence-electron chi connectivity index (χ2n) is 6.57. The third-order valence-electron chi connectivity index (χ3n) is 3.43. The molecule has 0 fully saturated rings. The van der Waals surface area contributed by atoms with Gasteiger partial charge in [0.25, 0.3) is 0 Å². The molecule has 138 valence electrons. The minimum absolute atomic E-state index is 0.135. The number of nitrogens with zero attached hydrogens (tertiary/aromatic N) is 1. The van der Waals surface area contributed by atoms with Gasteiger partial charge in [-0.25, -0.2) is 4.79 Å². The molecule has 1 heterocycles. The van der Waals surface area contributed by atoms with E-state index in [0.29, 0.717) is 10.9 Å². The van der Waals surface area contributed by atoms with Crippen molar-refractivity contribution < 1.29 is 26.9 Å². The Morgan fingerprint density at radius 1 is 1.24 bits per heavy atom. The van der Waals surface area contributed by atoms with E-state index in [1.54, 1.807) is 34.0 Å². The minimum Gasteiger partial charge on any atom is -0.443 e. The Bertz CT molecular complexity index is 778. The summed E-state index contributed by atoms with van der Waals surface area (Å²) in [5.74, 6) is 0. The van der Waals surface area contributed by atoms with Crippen LogP contribution in [0.1, 0.15) is 44.9 Å². The van der Waals surface area contributed by atoms with E-state index in [1.807, 2.05) is 0 Å². The molecule has 4 nitrogen and oxygen atoms in total. The van der Waals surface area contributed by atoms with Gasteiger partial charge >= 0.3 is 12.3 Å². The van der Waals surface area contributed by atoms with Gasteiger partial charge in [-0.15, -0.1) is 0 Å². The zero-order valence-corrected chi connectivity index (χ0v) is 15.4. The second-order valence-corrected chi connectivity index (χ2v) is 7.10. The van der Waals surface area contributed by atoms with Gasteiger partial charge in [0, 0.05) is 23.4 Å². The fourth-order valence-electron chi connectivity index (χ4n) is 2.41. The number of ether oxygens (including phenoxy) is 1. The van der Waals surface area contributed by atoms with E-state index in [0.717, 1.165) is 28.7 Å². The van der Waals surface area contributed by atoms with Crippen molar-refractivity contribution in [1.82, 2.24) is 4.57 Å². The molecule has 1 atom stereocenters. The van der Waals surface area contributed by atoms with Gasteiger partial charge in [0.05, 0.1) is 17.2 Å². The van der Waals surface area contributed by atoms with Crippen molar-refractivity contribution >= 4 is 29.0 Å². The highest BCUT2D eigenvalue weighted by Crippen LogP contribution is 2.36. The van der Waals surface area contributed by atoms with Crippen LogP contribution in [0, 0.1) is 0 Å². The number of aromatic nitrogens is 1. The number of carbonyl (C=O) groups excluding carboxylic acids is 1. The first-order valence-electron chi connectivity index (χ1n) is 7.59. The highest BCUT2D eigenvalue weighted by atomic mass is 32.2. The number of carbonyl (C=O) groups is 1. The summed E-state index contributed by atoms with van der Waals surface area (Å²) in [6.07, 6.45) is -2.43. The Balaban J connectivity index is 2.63. The summed E-state index contributed by atoms with van der Waals surface area (Å²) < 4.78 is 51.0. The van der Waals surface area contributed by atoms with Crippen LogP contribution in [0.25, 0.3) is 10.9 Å². The minimum atomic E-state index is -4.50. The summed E-state index contributed by atoms with van der Waals surface area (Å²) in [7, 11) is 0. The van der Waals surface area contributed by atoms with Crippen LogP contribution in [-0.4, -0.2) is 22.5 Å². The van der Waals surface area contributed by atoms with E-state index in [2.05, 4.69) is 0 Å². The third kappa shape index (κ3) is 4.49. The van der Waals surface area contributed by atoms with Crippen LogP contribution in [0.2, 0.25) is 0 Å². The molecule has 0 aliphatic carbocycles. The summed E-state index contributed by atoms with van der Waals surface area (Å²) >= 11 is 1.14. The van der Waals surface area contributed by atoms with Gasteiger partial charge in [0.2, 0.25) is 0 Å². The fraction of sp³-hybridized carbons (Fsp3) is 0.471. The molecule has 0 N–H and O–H groups in total. The van der Waals surface area contributed by atoms with Crippen LogP contribution < -0.4 is 0 Å². The lowest BCUT2D eigenvalue weighted by Crippen LogP contribution is -2.26. The van der Waals surface area contributed by atoms with E-state index in [4.69, 9.17) is 8.92 Å².